The number of nitrogens with zero attached hydrogens (tertiary/aromatic N) is 2. The van der Waals surface area contributed by atoms with Crippen molar-refractivity contribution in [1.29, 1.82) is 0 Å². The fourth-order valence-electron chi connectivity index (χ4n) is 6.69. The van der Waals surface area contributed by atoms with Crippen LogP contribution in [0.5, 0.6) is 0 Å². The number of piperidine rings is 1. The summed E-state index contributed by atoms with van der Waals surface area (Å²) in [6, 6.07) is 3.81. The molecule has 4 fully saturated rings. The van der Waals surface area contributed by atoms with E-state index in [1.807, 2.05) is 7.11 Å². The minimum Gasteiger partial charge on any atom is -0.381 e. The Morgan fingerprint density at radius 2 is 2.00 bits per heavy atom. The van der Waals surface area contributed by atoms with Gasteiger partial charge in [0.15, 0.2) is 0 Å². The Bertz CT molecular complexity index is 1020. The van der Waals surface area contributed by atoms with Crippen LogP contribution in [0.1, 0.15) is 49.4 Å². The Morgan fingerprint density at radius 3 is 2.78 bits per heavy atom. The number of aryl methyl sites for hydroxylation is 1. The van der Waals surface area contributed by atoms with Crippen LogP contribution in [0.3, 0.4) is 0 Å². The molecule has 5 rings (SSSR count). The van der Waals surface area contributed by atoms with Crippen LogP contribution in [-0.4, -0.2) is 77.0 Å². The van der Waals surface area contributed by atoms with Gasteiger partial charge in [0.25, 0.3) is 11.5 Å². The number of thioether (sulfide) groups is 1. The third-order valence-corrected chi connectivity index (χ3v) is 9.98. The van der Waals surface area contributed by atoms with Crippen LogP contribution in [0, 0.1) is 17.8 Å². The topological polar surface area (TPSA) is 105 Å². The van der Waals surface area contributed by atoms with E-state index < -0.39 is 0 Å². The first-order valence-electron chi connectivity index (χ1n) is 13.3. The highest BCUT2D eigenvalue weighted by Crippen LogP contribution is 2.40. The van der Waals surface area contributed by atoms with Gasteiger partial charge in [-0.25, -0.2) is 0 Å². The van der Waals surface area contributed by atoms with Gasteiger partial charge >= 0.3 is 0 Å². The molecule has 8 unspecified atom stereocenters. The molecule has 1 saturated carbocycles. The zero-order valence-corrected chi connectivity index (χ0v) is 22.3. The lowest BCUT2D eigenvalue weighted by Gasteiger charge is -2.44. The standard InChI is InChI=1S/C26H39N5O4S/c1-15-11-18(16-7-4-5-9-21(16)35-3)19(12-27-15)23(32)29-26-28-20-13-31(14-22(20)36-26)25(34)17-8-6-10-30(2)24(17)33/h6,8,10,15-16,18-22,26-28H,4-5,7,9,11-14H2,1-3H3,(H,29,32). The van der Waals surface area contributed by atoms with Crippen molar-refractivity contribution in [3.8, 4) is 0 Å². The lowest BCUT2D eigenvalue weighted by molar-refractivity contribution is -0.130. The molecule has 0 aromatic carbocycles. The van der Waals surface area contributed by atoms with Gasteiger partial charge < -0.3 is 24.8 Å². The number of hydrogen-bond acceptors (Lipinski definition) is 7. The molecule has 198 valence electrons. The van der Waals surface area contributed by atoms with Gasteiger partial charge in [-0.2, -0.15) is 0 Å². The predicted molar refractivity (Wildman–Crippen MR) is 140 cm³/mol. The zero-order valence-electron chi connectivity index (χ0n) is 21.4. The van der Waals surface area contributed by atoms with E-state index in [-0.39, 0.29) is 51.7 Å². The van der Waals surface area contributed by atoms with Gasteiger partial charge in [-0.1, -0.05) is 12.8 Å². The van der Waals surface area contributed by atoms with Crippen molar-refractivity contribution >= 4 is 23.6 Å². The molecule has 10 heteroatoms. The Kier molecular flexibility index (Phi) is 7.76. The Hall–Kier alpha value is -1.88. The van der Waals surface area contributed by atoms with Crippen LogP contribution < -0.4 is 21.5 Å². The number of fused-ring (bicyclic) bond motifs is 1. The first-order chi connectivity index (χ1) is 17.4. The summed E-state index contributed by atoms with van der Waals surface area (Å²) in [6.45, 7) is 4.00. The normalized spacial score (nSPS) is 36.5. The monoisotopic (exact) mass is 517 g/mol. The maximum Gasteiger partial charge on any atom is 0.263 e. The largest absolute Gasteiger partial charge is 0.381 e. The third kappa shape index (κ3) is 5.10. The third-order valence-electron chi connectivity index (χ3n) is 8.63. The van der Waals surface area contributed by atoms with Crippen molar-refractivity contribution in [3.05, 3.63) is 34.2 Å². The molecular formula is C26H39N5O4S. The number of rotatable bonds is 5. The van der Waals surface area contributed by atoms with E-state index in [0.29, 0.717) is 37.5 Å². The highest BCUT2D eigenvalue weighted by Gasteiger charge is 2.46. The van der Waals surface area contributed by atoms with Gasteiger partial charge in [0.05, 0.1) is 12.0 Å². The van der Waals surface area contributed by atoms with Crippen molar-refractivity contribution in [2.45, 2.75) is 68.0 Å². The second kappa shape index (κ2) is 10.8. The molecule has 3 saturated heterocycles. The number of aromatic nitrogens is 1. The molecule has 1 aliphatic carbocycles. The Labute approximate surface area is 217 Å². The molecule has 1 aromatic heterocycles. The summed E-state index contributed by atoms with van der Waals surface area (Å²) in [5.41, 5.74) is -0.236. The fraction of sp³-hybridized carbons (Fsp3) is 0.731. The molecule has 0 spiro atoms. The lowest BCUT2D eigenvalue weighted by Crippen LogP contribution is -2.55. The molecular weight excluding hydrogens is 478 g/mol. The molecule has 0 bridgehead atoms. The summed E-state index contributed by atoms with van der Waals surface area (Å²) in [5.74, 6) is 0.554. The van der Waals surface area contributed by atoms with Crippen LogP contribution in [0.15, 0.2) is 23.1 Å². The molecule has 0 radical (unpaired) electrons. The maximum atomic E-state index is 13.5. The molecule has 4 aliphatic rings. The zero-order chi connectivity index (χ0) is 25.4. The summed E-state index contributed by atoms with van der Waals surface area (Å²) in [6.07, 6.45) is 7.53. The van der Waals surface area contributed by atoms with E-state index in [2.05, 4.69) is 22.9 Å². The SMILES string of the molecule is COC1CCCCC1C1CC(C)NCC1C(=O)NC1NC2CN(C(=O)c3cccn(C)c3=O)CC2S1. The molecule has 9 nitrogen and oxygen atoms in total. The van der Waals surface area contributed by atoms with Gasteiger partial charge in [0, 0.05) is 57.3 Å². The average molecular weight is 518 g/mol. The van der Waals surface area contributed by atoms with Crippen molar-refractivity contribution in [1.82, 2.24) is 25.4 Å². The molecule has 4 heterocycles. The number of methoxy groups -OCH3 is 1. The average Bonchev–Trinajstić information content (AvgIpc) is 3.44. The highest BCUT2D eigenvalue weighted by molar-refractivity contribution is 8.00. The number of amides is 2. The summed E-state index contributed by atoms with van der Waals surface area (Å²) in [4.78, 5) is 40.6. The lowest BCUT2D eigenvalue weighted by atomic mass is 9.68. The highest BCUT2D eigenvalue weighted by atomic mass is 32.2. The molecule has 3 N–H and O–H groups in total. The summed E-state index contributed by atoms with van der Waals surface area (Å²) >= 11 is 1.67. The van der Waals surface area contributed by atoms with E-state index in [1.165, 1.54) is 17.4 Å². The van der Waals surface area contributed by atoms with Crippen LogP contribution in [-0.2, 0) is 16.6 Å². The van der Waals surface area contributed by atoms with Crippen molar-refractivity contribution < 1.29 is 14.3 Å². The number of carbonyl (C=O) groups excluding carboxylic acids is 2. The van der Waals surface area contributed by atoms with Crippen LogP contribution in [0.2, 0.25) is 0 Å². The number of ether oxygens (including phenoxy) is 1. The number of likely N-dealkylation sites (tertiary alicyclic amines) is 1. The van der Waals surface area contributed by atoms with Gasteiger partial charge in [0.2, 0.25) is 5.91 Å². The molecule has 2 amide bonds. The fourth-order valence-corrected chi connectivity index (χ4v) is 8.10. The smallest absolute Gasteiger partial charge is 0.263 e. The van der Waals surface area contributed by atoms with Crippen LogP contribution in [0.25, 0.3) is 0 Å². The molecule has 3 aliphatic heterocycles. The van der Waals surface area contributed by atoms with Gasteiger partial charge in [-0.15, -0.1) is 11.8 Å². The van der Waals surface area contributed by atoms with Crippen LogP contribution >= 0.6 is 11.8 Å². The Balaban J connectivity index is 1.19. The number of carbonyl (C=O) groups is 2. The Morgan fingerprint density at radius 1 is 1.19 bits per heavy atom. The van der Waals surface area contributed by atoms with Crippen molar-refractivity contribution in [2.24, 2.45) is 24.8 Å². The van der Waals surface area contributed by atoms with E-state index >= 15 is 0 Å². The second-order valence-corrected chi connectivity index (χ2v) is 12.3. The van der Waals surface area contributed by atoms with Crippen LogP contribution in [0.4, 0.5) is 0 Å². The molecule has 1 aromatic rings. The van der Waals surface area contributed by atoms with Gasteiger partial charge in [-0.3, -0.25) is 19.7 Å². The summed E-state index contributed by atoms with van der Waals surface area (Å²) in [5, 5.41) is 10.5. The quantitative estimate of drug-likeness (QED) is 0.538. The van der Waals surface area contributed by atoms with E-state index in [0.717, 1.165) is 19.3 Å². The number of nitrogens with one attached hydrogen (secondary N) is 3. The van der Waals surface area contributed by atoms with Gasteiger partial charge in [-0.05, 0) is 50.2 Å². The predicted octanol–water partition coefficient (Wildman–Crippen LogP) is 1.13. The first kappa shape index (κ1) is 25.8. The summed E-state index contributed by atoms with van der Waals surface area (Å²) in [7, 11) is 3.46. The first-order valence-corrected chi connectivity index (χ1v) is 14.2. The number of hydrogen-bond donors (Lipinski definition) is 3. The number of pyridine rings is 1. The van der Waals surface area contributed by atoms with E-state index in [9.17, 15) is 14.4 Å². The summed E-state index contributed by atoms with van der Waals surface area (Å²) < 4.78 is 7.29. The molecule has 8 atom stereocenters. The van der Waals surface area contributed by atoms with E-state index in [4.69, 9.17) is 4.74 Å². The minimum absolute atomic E-state index is 0.0721. The van der Waals surface area contributed by atoms with Gasteiger partial charge in [0.1, 0.15) is 11.1 Å². The van der Waals surface area contributed by atoms with E-state index in [1.54, 1.807) is 42.0 Å². The minimum atomic E-state index is -0.274. The second-order valence-electron chi connectivity index (χ2n) is 10.9. The maximum absolute atomic E-state index is 13.5. The van der Waals surface area contributed by atoms with Crippen molar-refractivity contribution in [2.75, 3.05) is 26.7 Å². The molecule has 36 heavy (non-hydrogen) atoms. The van der Waals surface area contributed by atoms with Crippen molar-refractivity contribution in [3.63, 3.8) is 0 Å².